The highest BCUT2D eigenvalue weighted by molar-refractivity contribution is 6.43. The Hall–Kier alpha value is -2.48. The summed E-state index contributed by atoms with van der Waals surface area (Å²) in [5.41, 5.74) is 1.51. The fraction of sp³-hybridized carbons (Fsp3) is 0.375. The van der Waals surface area contributed by atoms with Gasteiger partial charge in [0.1, 0.15) is 17.5 Å². The molecule has 0 aliphatic carbocycles. The van der Waals surface area contributed by atoms with Gasteiger partial charge in [0, 0.05) is 44.7 Å². The second-order valence-electron chi connectivity index (χ2n) is 8.02. The number of halogens is 3. The van der Waals surface area contributed by atoms with Crippen LogP contribution < -0.4 is 15.0 Å². The van der Waals surface area contributed by atoms with Gasteiger partial charge in [-0.2, -0.15) is 0 Å². The number of rotatable bonds is 8. The first-order valence-corrected chi connectivity index (χ1v) is 11.6. The van der Waals surface area contributed by atoms with Crippen LogP contribution in [-0.4, -0.2) is 63.4 Å². The molecule has 1 amide bonds. The predicted molar refractivity (Wildman–Crippen MR) is 130 cm³/mol. The number of nitrogens with zero attached hydrogens (tertiary/aromatic N) is 2. The third-order valence-corrected chi connectivity index (χ3v) is 6.60. The van der Waals surface area contributed by atoms with Crippen LogP contribution in [0.2, 0.25) is 10.0 Å². The van der Waals surface area contributed by atoms with Gasteiger partial charge in [-0.25, -0.2) is 4.39 Å². The molecule has 2 heterocycles. The van der Waals surface area contributed by atoms with E-state index >= 15 is 0 Å². The highest BCUT2D eigenvalue weighted by Gasteiger charge is 2.22. The van der Waals surface area contributed by atoms with Crippen LogP contribution >= 0.6 is 23.2 Å². The number of fused-ring (bicyclic) bond motifs is 1. The summed E-state index contributed by atoms with van der Waals surface area (Å²) in [4.78, 5) is 16.6. The summed E-state index contributed by atoms with van der Waals surface area (Å²) in [5, 5.41) is 4.60. The van der Waals surface area contributed by atoms with Gasteiger partial charge in [-0.1, -0.05) is 29.3 Å². The largest absolute Gasteiger partial charge is 0.497 e. The number of piperazine rings is 1. The van der Waals surface area contributed by atoms with Crippen molar-refractivity contribution in [1.82, 2.24) is 10.2 Å². The van der Waals surface area contributed by atoms with Crippen molar-refractivity contribution in [3.05, 3.63) is 58.3 Å². The van der Waals surface area contributed by atoms with E-state index in [1.807, 2.05) is 12.1 Å². The number of benzene rings is 2. The molecule has 4 rings (SSSR count). The summed E-state index contributed by atoms with van der Waals surface area (Å²) in [5.74, 6) is 0.529. The first kappa shape index (κ1) is 23.7. The van der Waals surface area contributed by atoms with Gasteiger partial charge < -0.3 is 19.4 Å². The van der Waals surface area contributed by atoms with Crippen molar-refractivity contribution in [2.45, 2.75) is 12.6 Å². The molecule has 2 aromatic carbocycles. The molecule has 1 saturated heterocycles. The van der Waals surface area contributed by atoms with Crippen LogP contribution in [0.5, 0.6) is 5.75 Å². The normalized spacial score (nSPS) is 15.6. The maximum Gasteiger partial charge on any atom is 0.287 e. The predicted octanol–water partition coefficient (Wildman–Crippen LogP) is 5.03. The van der Waals surface area contributed by atoms with E-state index in [2.05, 4.69) is 15.1 Å². The molecule has 1 N–H and O–H groups in total. The van der Waals surface area contributed by atoms with E-state index in [4.69, 9.17) is 32.4 Å². The summed E-state index contributed by atoms with van der Waals surface area (Å²) >= 11 is 12.4. The molecular formula is C24H26Cl2FN3O3. The number of furan rings is 1. The Kier molecular flexibility index (Phi) is 7.63. The quantitative estimate of drug-likeness (QED) is 0.476. The average Bonchev–Trinajstić information content (AvgIpc) is 3.25. The number of alkyl halides is 1. The molecule has 176 valence electrons. The van der Waals surface area contributed by atoms with Crippen LogP contribution in [0.25, 0.3) is 11.0 Å². The second kappa shape index (κ2) is 10.6. The van der Waals surface area contributed by atoms with Crippen LogP contribution in [-0.2, 0) is 0 Å². The number of amides is 1. The molecule has 0 bridgehead atoms. The van der Waals surface area contributed by atoms with E-state index in [0.717, 1.165) is 37.3 Å². The van der Waals surface area contributed by atoms with Crippen molar-refractivity contribution in [2.24, 2.45) is 0 Å². The number of carbonyl (C=O) groups is 1. The number of carbonyl (C=O) groups excluding carboxylic acids is 1. The molecule has 0 saturated carbocycles. The molecule has 1 aromatic heterocycles. The van der Waals surface area contributed by atoms with E-state index in [1.54, 1.807) is 37.4 Å². The highest BCUT2D eigenvalue weighted by atomic mass is 35.5. The van der Waals surface area contributed by atoms with Gasteiger partial charge in [-0.3, -0.25) is 9.69 Å². The van der Waals surface area contributed by atoms with Crippen LogP contribution in [0.15, 0.2) is 46.9 Å². The molecule has 3 aromatic rings. The van der Waals surface area contributed by atoms with Gasteiger partial charge in [0.05, 0.1) is 22.8 Å². The number of ether oxygens (including phenoxy) is 1. The van der Waals surface area contributed by atoms with Crippen molar-refractivity contribution in [3.8, 4) is 5.75 Å². The summed E-state index contributed by atoms with van der Waals surface area (Å²) in [6, 6.07) is 12.6. The molecule has 0 spiro atoms. The van der Waals surface area contributed by atoms with Gasteiger partial charge in [0.15, 0.2) is 5.76 Å². The van der Waals surface area contributed by atoms with E-state index in [-0.39, 0.29) is 24.6 Å². The molecule has 6 nitrogen and oxygen atoms in total. The zero-order valence-electron chi connectivity index (χ0n) is 18.3. The summed E-state index contributed by atoms with van der Waals surface area (Å²) in [6.45, 7) is 3.53. The Balaban J connectivity index is 1.20. The fourth-order valence-corrected chi connectivity index (χ4v) is 4.38. The van der Waals surface area contributed by atoms with Crippen molar-refractivity contribution >= 4 is 45.8 Å². The van der Waals surface area contributed by atoms with Crippen molar-refractivity contribution in [2.75, 3.05) is 51.3 Å². The van der Waals surface area contributed by atoms with Gasteiger partial charge >= 0.3 is 0 Å². The lowest BCUT2D eigenvalue weighted by Gasteiger charge is -2.37. The van der Waals surface area contributed by atoms with Crippen LogP contribution in [0.3, 0.4) is 0 Å². The Morgan fingerprint density at radius 1 is 1.18 bits per heavy atom. The van der Waals surface area contributed by atoms with Crippen molar-refractivity contribution in [3.63, 3.8) is 0 Å². The molecule has 1 aliphatic rings. The molecule has 9 heteroatoms. The molecule has 33 heavy (non-hydrogen) atoms. The number of anilines is 1. The van der Waals surface area contributed by atoms with Crippen LogP contribution in [0.4, 0.5) is 10.1 Å². The first-order valence-electron chi connectivity index (χ1n) is 10.9. The van der Waals surface area contributed by atoms with Gasteiger partial charge in [-0.05, 0) is 42.8 Å². The van der Waals surface area contributed by atoms with Gasteiger partial charge in [0.2, 0.25) is 0 Å². The molecule has 1 unspecified atom stereocenters. The lowest BCUT2D eigenvalue weighted by Crippen LogP contribution is -2.48. The average molecular weight is 494 g/mol. The monoisotopic (exact) mass is 493 g/mol. The Morgan fingerprint density at radius 2 is 1.97 bits per heavy atom. The minimum Gasteiger partial charge on any atom is -0.497 e. The first-order chi connectivity index (χ1) is 15.9. The maximum atomic E-state index is 14.5. The highest BCUT2D eigenvalue weighted by Crippen LogP contribution is 2.33. The van der Waals surface area contributed by atoms with Crippen molar-refractivity contribution in [1.29, 1.82) is 0 Å². The minimum atomic E-state index is -1.04. The van der Waals surface area contributed by atoms with Crippen LogP contribution in [0.1, 0.15) is 17.0 Å². The minimum absolute atomic E-state index is 0.199. The third kappa shape index (κ3) is 5.72. The molecular weight excluding hydrogens is 468 g/mol. The molecule has 1 fully saturated rings. The molecule has 1 atom stereocenters. The number of hydrogen-bond donors (Lipinski definition) is 1. The SMILES string of the molecule is COc1ccc2oc(C(=O)NCCC(F)CN3CCN(c4cccc(Cl)c4Cl)CC3)cc2c1. The van der Waals surface area contributed by atoms with Crippen molar-refractivity contribution < 1.29 is 18.3 Å². The fourth-order valence-electron chi connectivity index (χ4n) is 3.97. The zero-order valence-corrected chi connectivity index (χ0v) is 19.8. The smallest absolute Gasteiger partial charge is 0.287 e. The molecule has 1 aliphatic heterocycles. The van der Waals surface area contributed by atoms with E-state index in [1.165, 1.54) is 0 Å². The van der Waals surface area contributed by atoms with Gasteiger partial charge in [0.25, 0.3) is 5.91 Å². The number of methoxy groups -OCH3 is 1. The topological polar surface area (TPSA) is 58.0 Å². The van der Waals surface area contributed by atoms with E-state index in [9.17, 15) is 9.18 Å². The standard InChI is InChI=1S/C24H26Cl2FN3O3/c1-32-18-5-6-21-16(13-18)14-22(33-21)24(31)28-8-7-17(27)15-29-9-11-30(12-10-29)20-4-2-3-19(25)23(20)26/h2-6,13-14,17H,7-12,15H2,1H3,(H,28,31). The number of hydrogen-bond acceptors (Lipinski definition) is 5. The summed E-state index contributed by atoms with van der Waals surface area (Å²) in [6.07, 6.45) is -0.799. The van der Waals surface area contributed by atoms with E-state index < -0.39 is 6.17 Å². The van der Waals surface area contributed by atoms with Crippen LogP contribution in [0, 0.1) is 0 Å². The zero-order chi connectivity index (χ0) is 23.4. The van der Waals surface area contributed by atoms with E-state index in [0.29, 0.717) is 27.9 Å². The Bertz CT molecular complexity index is 1120. The lowest BCUT2D eigenvalue weighted by atomic mass is 10.2. The Labute approximate surface area is 202 Å². The summed E-state index contributed by atoms with van der Waals surface area (Å²) in [7, 11) is 1.58. The molecule has 0 radical (unpaired) electrons. The Morgan fingerprint density at radius 3 is 2.73 bits per heavy atom. The lowest BCUT2D eigenvalue weighted by molar-refractivity contribution is 0.0922. The van der Waals surface area contributed by atoms with Gasteiger partial charge in [-0.15, -0.1) is 0 Å². The third-order valence-electron chi connectivity index (χ3n) is 5.79. The maximum absolute atomic E-state index is 14.5. The summed E-state index contributed by atoms with van der Waals surface area (Å²) < 4.78 is 25.3. The number of nitrogens with one attached hydrogen (secondary N) is 1. The second-order valence-corrected chi connectivity index (χ2v) is 8.80.